The maximum absolute atomic E-state index is 13.0. The minimum Gasteiger partial charge on any atom is -0.336 e. The van der Waals surface area contributed by atoms with Gasteiger partial charge in [0.05, 0.1) is 5.52 Å². The van der Waals surface area contributed by atoms with E-state index in [2.05, 4.69) is 9.97 Å². The number of ketones is 1. The minimum atomic E-state index is -0.136. The van der Waals surface area contributed by atoms with Gasteiger partial charge in [0.25, 0.3) is 5.91 Å². The summed E-state index contributed by atoms with van der Waals surface area (Å²) in [7, 11) is 0. The second kappa shape index (κ2) is 6.43. The fourth-order valence-electron chi connectivity index (χ4n) is 3.06. The highest BCUT2D eigenvalue weighted by Gasteiger charge is 2.25. The van der Waals surface area contributed by atoms with Gasteiger partial charge in [-0.2, -0.15) is 0 Å². The first kappa shape index (κ1) is 15.4. The molecule has 5 heteroatoms. The molecule has 3 aromatic rings. The summed E-state index contributed by atoms with van der Waals surface area (Å²) < 4.78 is 0. The second-order valence-corrected chi connectivity index (χ2v) is 6.11. The Morgan fingerprint density at radius 2 is 1.56 bits per heavy atom. The van der Waals surface area contributed by atoms with Crippen molar-refractivity contribution in [2.75, 3.05) is 13.1 Å². The smallest absolute Gasteiger partial charge is 0.273 e. The number of aromatic nitrogens is 2. The number of amides is 1. The summed E-state index contributed by atoms with van der Waals surface area (Å²) >= 11 is 0. The molecular weight excluding hydrogens is 314 g/mol. The van der Waals surface area contributed by atoms with E-state index in [0.717, 1.165) is 16.5 Å². The summed E-state index contributed by atoms with van der Waals surface area (Å²) in [5.74, 6) is 0.612. The summed E-state index contributed by atoms with van der Waals surface area (Å²) in [4.78, 5) is 35.4. The van der Waals surface area contributed by atoms with Crippen LogP contribution >= 0.6 is 0 Å². The number of carbonyl (C=O) groups excluding carboxylic acids is 2. The fraction of sp³-hybridized carbons (Fsp3) is 0.200. The van der Waals surface area contributed by atoms with Gasteiger partial charge < -0.3 is 4.90 Å². The summed E-state index contributed by atoms with van der Waals surface area (Å²) in [5, 5.41) is 0.740. The number of likely N-dealkylation sites (tertiary alicyclic amines) is 1. The molecule has 0 unspecified atom stereocenters. The molecule has 1 aromatic heterocycles. The standard InChI is InChI=1S/C20H17N3O2/c24-15-10-12-23(13-11-15)20(25)18-16-8-4-5-9-17(16)21-19(22-18)14-6-2-1-3-7-14/h1-9H,10-13H2. The maximum atomic E-state index is 13.0. The van der Waals surface area contributed by atoms with E-state index in [1.165, 1.54) is 0 Å². The molecule has 0 aliphatic carbocycles. The molecule has 1 fully saturated rings. The van der Waals surface area contributed by atoms with Crippen molar-refractivity contribution in [3.8, 4) is 11.4 Å². The lowest BCUT2D eigenvalue weighted by Gasteiger charge is -2.26. The van der Waals surface area contributed by atoms with E-state index in [0.29, 0.717) is 37.4 Å². The minimum absolute atomic E-state index is 0.136. The molecule has 0 spiro atoms. The zero-order valence-electron chi connectivity index (χ0n) is 13.7. The number of nitrogens with zero attached hydrogens (tertiary/aromatic N) is 3. The molecule has 2 heterocycles. The van der Waals surface area contributed by atoms with Crippen LogP contribution in [0.4, 0.5) is 0 Å². The van der Waals surface area contributed by atoms with Crippen LogP contribution in [-0.2, 0) is 4.79 Å². The van der Waals surface area contributed by atoms with Crippen molar-refractivity contribution >= 4 is 22.6 Å². The van der Waals surface area contributed by atoms with Crippen LogP contribution in [0.2, 0.25) is 0 Å². The van der Waals surface area contributed by atoms with E-state index < -0.39 is 0 Å². The summed E-state index contributed by atoms with van der Waals surface area (Å²) in [5.41, 5.74) is 2.02. The molecule has 1 aliphatic rings. The number of fused-ring (bicyclic) bond motifs is 1. The highest BCUT2D eigenvalue weighted by Crippen LogP contribution is 2.23. The highest BCUT2D eigenvalue weighted by atomic mass is 16.2. The molecule has 1 saturated heterocycles. The van der Waals surface area contributed by atoms with Gasteiger partial charge in [0.2, 0.25) is 0 Å². The Morgan fingerprint density at radius 3 is 2.32 bits per heavy atom. The normalized spacial score (nSPS) is 14.7. The van der Waals surface area contributed by atoms with E-state index in [1.54, 1.807) is 4.90 Å². The van der Waals surface area contributed by atoms with Crippen LogP contribution in [0, 0.1) is 0 Å². The SMILES string of the molecule is O=C1CCN(C(=O)c2nc(-c3ccccc3)nc3ccccc23)CC1. The quantitative estimate of drug-likeness (QED) is 0.724. The number of hydrogen-bond acceptors (Lipinski definition) is 4. The van der Waals surface area contributed by atoms with Crippen molar-refractivity contribution in [1.29, 1.82) is 0 Å². The van der Waals surface area contributed by atoms with Crippen molar-refractivity contribution < 1.29 is 9.59 Å². The zero-order valence-corrected chi connectivity index (χ0v) is 13.7. The molecular formula is C20H17N3O2. The Balaban J connectivity index is 1.81. The van der Waals surface area contributed by atoms with Crippen molar-refractivity contribution in [3.05, 3.63) is 60.3 Å². The van der Waals surface area contributed by atoms with Gasteiger partial charge in [-0.05, 0) is 6.07 Å². The molecule has 0 bridgehead atoms. The summed E-state index contributed by atoms with van der Waals surface area (Å²) in [6.45, 7) is 0.910. The average molecular weight is 331 g/mol. The number of carbonyl (C=O) groups is 2. The first-order valence-electron chi connectivity index (χ1n) is 8.35. The summed E-state index contributed by atoms with van der Waals surface area (Å²) in [6, 6.07) is 17.2. The van der Waals surface area contributed by atoms with Crippen LogP contribution in [0.15, 0.2) is 54.6 Å². The Kier molecular flexibility index (Phi) is 3.98. The zero-order chi connectivity index (χ0) is 17.2. The molecule has 4 rings (SSSR count). The van der Waals surface area contributed by atoms with Crippen molar-refractivity contribution in [3.63, 3.8) is 0 Å². The number of rotatable bonds is 2. The van der Waals surface area contributed by atoms with Gasteiger partial charge in [0.15, 0.2) is 5.82 Å². The lowest BCUT2D eigenvalue weighted by molar-refractivity contribution is -0.120. The highest BCUT2D eigenvalue weighted by molar-refractivity contribution is 6.05. The van der Waals surface area contributed by atoms with Gasteiger partial charge in [-0.1, -0.05) is 48.5 Å². The predicted molar refractivity (Wildman–Crippen MR) is 95.1 cm³/mol. The van der Waals surface area contributed by atoms with Crippen LogP contribution in [0.1, 0.15) is 23.3 Å². The van der Waals surface area contributed by atoms with E-state index in [4.69, 9.17) is 0 Å². The van der Waals surface area contributed by atoms with Crippen LogP contribution < -0.4 is 0 Å². The third kappa shape index (κ3) is 3.01. The van der Waals surface area contributed by atoms with E-state index >= 15 is 0 Å². The van der Waals surface area contributed by atoms with E-state index in [9.17, 15) is 9.59 Å². The molecule has 0 radical (unpaired) electrons. The van der Waals surface area contributed by atoms with Crippen molar-refractivity contribution in [2.45, 2.75) is 12.8 Å². The molecule has 1 amide bonds. The second-order valence-electron chi connectivity index (χ2n) is 6.11. The van der Waals surface area contributed by atoms with Gasteiger partial charge in [-0.25, -0.2) is 9.97 Å². The lowest BCUT2D eigenvalue weighted by Crippen LogP contribution is -2.39. The predicted octanol–water partition coefficient (Wildman–Crippen LogP) is 3.10. The Bertz CT molecular complexity index is 944. The number of benzene rings is 2. The number of para-hydroxylation sites is 1. The first-order chi connectivity index (χ1) is 12.2. The third-order valence-corrected chi connectivity index (χ3v) is 4.45. The third-order valence-electron chi connectivity index (χ3n) is 4.45. The number of Topliss-reactive ketones (excluding diaryl/α,β-unsaturated/α-hetero) is 1. The molecule has 124 valence electrons. The van der Waals surface area contributed by atoms with Crippen LogP contribution in [0.5, 0.6) is 0 Å². The molecule has 0 atom stereocenters. The van der Waals surface area contributed by atoms with Gasteiger partial charge >= 0.3 is 0 Å². The molecule has 5 nitrogen and oxygen atoms in total. The van der Waals surface area contributed by atoms with Crippen LogP contribution in [0.25, 0.3) is 22.3 Å². The van der Waals surface area contributed by atoms with Crippen molar-refractivity contribution in [1.82, 2.24) is 14.9 Å². The van der Waals surface area contributed by atoms with Crippen molar-refractivity contribution in [2.24, 2.45) is 0 Å². The van der Waals surface area contributed by atoms with E-state index in [1.807, 2.05) is 54.6 Å². The fourth-order valence-corrected chi connectivity index (χ4v) is 3.06. The Hall–Kier alpha value is -3.08. The summed E-state index contributed by atoms with van der Waals surface area (Å²) in [6.07, 6.45) is 0.834. The maximum Gasteiger partial charge on any atom is 0.273 e. The largest absolute Gasteiger partial charge is 0.336 e. The number of piperidine rings is 1. The molecule has 0 N–H and O–H groups in total. The molecule has 1 aliphatic heterocycles. The van der Waals surface area contributed by atoms with E-state index in [-0.39, 0.29) is 11.7 Å². The van der Waals surface area contributed by atoms with Gasteiger partial charge in [0, 0.05) is 36.9 Å². The molecule has 25 heavy (non-hydrogen) atoms. The lowest BCUT2D eigenvalue weighted by atomic mass is 10.1. The van der Waals surface area contributed by atoms with Crippen LogP contribution in [0.3, 0.4) is 0 Å². The Morgan fingerprint density at radius 1 is 0.880 bits per heavy atom. The van der Waals surface area contributed by atoms with Crippen LogP contribution in [-0.4, -0.2) is 39.6 Å². The topological polar surface area (TPSA) is 63.2 Å². The molecule has 2 aromatic carbocycles. The van der Waals surface area contributed by atoms with Gasteiger partial charge in [-0.15, -0.1) is 0 Å². The van der Waals surface area contributed by atoms with Gasteiger partial charge in [-0.3, -0.25) is 9.59 Å². The first-order valence-corrected chi connectivity index (χ1v) is 8.35. The molecule has 0 saturated carbocycles. The number of hydrogen-bond donors (Lipinski definition) is 0. The van der Waals surface area contributed by atoms with Gasteiger partial charge in [0.1, 0.15) is 11.5 Å². The monoisotopic (exact) mass is 331 g/mol. The Labute approximate surface area is 145 Å². The average Bonchev–Trinajstić information content (AvgIpc) is 2.68.